The van der Waals surface area contributed by atoms with Crippen LogP contribution < -0.4 is 10.6 Å². The van der Waals surface area contributed by atoms with Crippen molar-refractivity contribution in [3.05, 3.63) is 64.5 Å². The van der Waals surface area contributed by atoms with E-state index in [0.29, 0.717) is 11.3 Å². The quantitative estimate of drug-likeness (QED) is 0.659. The van der Waals surface area contributed by atoms with E-state index in [9.17, 15) is 23.6 Å². The second-order valence-electron chi connectivity index (χ2n) is 9.34. The Morgan fingerprint density at radius 1 is 1.21 bits per heavy atom. The molecule has 8 nitrogen and oxygen atoms in total. The Labute approximate surface area is 195 Å². The number of fused-ring (bicyclic) bond motifs is 1. The largest absolute Gasteiger partial charge is 0.444 e. The van der Waals surface area contributed by atoms with Gasteiger partial charge >= 0.3 is 6.09 Å². The first-order chi connectivity index (χ1) is 16.2. The molecule has 9 heteroatoms. The monoisotopic (exact) mass is 465 g/mol. The molecule has 4 amide bonds. The van der Waals surface area contributed by atoms with Gasteiger partial charge in [0.05, 0.1) is 6.54 Å². The van der Waals surface area contributed by atoms with Crippen molar-refractivity contribution in [1.82, 2.24) is 10.2 Å². The van der Waals surface area contributed by atoms with E-state index in [1.54, 1.807) is 0 Å². The number of benzene rings is 2. The molecule has 1 saturated heterocycles. The lowest BCUT2D eigenvalue weighted by molar-refractivity contribution is -0.136. The molecule has 1 unspecified atom stereocenters. The molecule has 2 aromatic rings. The fraction of sp³-hybridized carbons (Fsp3) is 0.360. The Kier molecular flexibility index (Phi) is 5.34. The van der Waals surface area contributed by atoms with Crippen LogP contribution in [0.5, 0.6) is 0 Å². The van der Waals surface area contributed by atoms with Gasteiger partial charge in [-0.1, -0.05) is 19.1 Å². The van der Waals surface area contributed by atoms with Crippen LogP contribution in [0, 0.1) is 5.82 Å². The summed E-state index contributed by atoms with van der Waals surface area (Å²) < 4.78 is 20.0. The van der Waals surface area contributed by atoms with Gasteiger partial charge in [-0.15, -0.1) is 0 Å². The third-order valence-corrected chi connectivity index (χ3v) is 6.86. The Bertz CT molecular complexity index is 1210. The van der Waals surface area contributed by atoms with Crippen molar-refractivity contribution >= 4 is 29.5 Å². The van der Waals surface area contributed by atoms with E-state index in [1.807, 2.05) is 24.3 Å². The number of piperidine rings is 1. The zero-order chi connectivity index (χ0) is 24.0. The summed E-state index contributed by atoms with van der Waals surface area (Å²) in [7, 11) is 0. The van der Waals surface area contributed by atoms with Gasteiger partial charge in [0.1, 0.15) is 18.5 Å². The smallest absolute Gasteiger partial charge is 0.411 e. The Morgan fingerprint density at radius 2 is 1.94 bits per heavy atom. The molecule has 0 aromatic heterocycles. The number of amides is 4. The normalized spacial score (nSPS) is 20.6. The Morgan fingerprint density at radius 3 is 2.62 bits per heavy atom. The van der Waals surface area contributed by atoms with Crippen LogP contribution >= 0.6 is 0 Å². The number of halogens is 1. The number of hydrogen-bond acceptors (Lipinski definition) is 5. The molecule has 2 fully saturated rings. The van der Waals surface area contributed by atoms with Crippen molar-refractivity contribution < 1.29 is 28.3 Å². The summed E-state index contributed by atoms with van der Waals surface area (Å²) in [6.07, 6.45) is 1.94. The van der Waals surface area contributed by atoms with Gasteiger partial charge in [-0.2, -0.15) is 0 Å². The lowest BCUT2D eigenvalue weighted by Crippen LogP contribution is -2.52. The molecule has 34 heavy (non-hydrogen) atoms. The summed E-state index contributed by atoms with van der Waals surface area (Å²) >= 11 is 0. The third-order valence-electron chi connectivity index (χ3n) is 6.86. The van der Waals surface area contributed by atoms with Crippen LogP contribution in [0.2, 0.25) is 0 Å². The minimum atomic E-state index is -0.823. The first-order valence-electron chi connectivity index (χ1n) is 11.2. The van der Waals surface area contributed by atoms with E-state index < -0.39 is 29.8 Å². The van der Waals surface area contributed by atoms with E-state index in [-0.39, 0.29) is 48.4 Å². The third kappa shape index (κ3) is 4.13. The van der Waals surface area contributed by atoms with Crippen LogP contribution in [0.15, 0.2) is 36.4 Å². The number of rotatable bonds is 5. The second-order valence-corrected chi connectivity index (χ2v) is 9.34. The van der Waals surface area contributed by atoms with Gasteiger partial charge in [-0.05, 0) is 60.1 Å². The molecule has 1 saturated carbocycles. The molecule has 0 spiro atoms. The van der Waals surface area contributed by atoms with Crippen molar-refractivity contribution in [3.63, 3.8) is 0 Å². The van der Waals surface area contributed by atoms with E-state index in [1.165, 1.54) is 22.6 Å². The SMILES string of the molecule is CC1(c2ccc(NC(=O)OCc3cc(F)c4c(c3)C(=O)N(C3CCC(=O)NC3=O)C4)cc2)CC1. The van der Waals surface area contributed by atoms with E-state index in [2.05, 4.69) is 17.6 Å². The van der Waals surface area contributed by atoms with Gasteiger partial charge in [-0.25, -0.2) is 9.18 Å². The number of nitrogens with one attached hydrogen (secondary N) is 2. The predicted molar refractivity (Wildman–Crippen MR) is 119 cm³/mol. The minimum absolute atomic E-state index is 0.0526. The molecular formula is C25H24FN3O5. The lowest BCUT2D eigenvalue weighted by Gasteiger charge is -2.29. The summed E-state index contributed by atoms with van der Waals surface area (Å²) in [6, 6.07) is 9.48. The average molecular weight is 465 g/mol. The number of hydrogen-bond donors (Lipinski definition) is 2. The van der Waals surface area contributed by atoms with Crippen molar-refractivity contribution in [2.45, 2.75) is 57.2 Å². The van der Waals surface area contributed by atoms with E-state index in [4.69, 9.17) is 4.74 Å². The summed E-state index contributed by atoms with van der Waals surface area (Å²) in [5, 5.41) is 4.86. The van der Waals surface area contributed by atoms with Crippen LogP contribution in [0.4, 0.5) is 14.9 Å². The number of carbonyl (C=O) groups is 4. The molecule has 1 atom stereocenters. The van der Waals surface area contributed by atoms with Crippen LogP contribution in [0.3, 0.4) is 0 Å². The molecule has 0 bridgehead atoms. The van der Waals surface area contributed by atoms with Gasteiger partial charge in [0, 0.05) is 23.2 Å². The zero-order valence-corrected chi connectivity index (χ0v) is 18.7. The standard InChI is InChI=1S/C25H24FN3O5/c1-25(8-9-25)15-2-4-16(5-3-15)27-24(33)34-13-14-10-17-18(19(26)11-14)12-29(23(17)32)20-6-7-21(30)28-22(20)31/h2-5,10-11,20H,6-9,12-13H2,1H3,(H,27,33)(H,28,30,31). The average Bonchev–Trinajstić information content (AvgIpc) is 3.47. The fourth-order valence-corrected chi connectivity index (χ4v) is 4.49. The highest BCUT2D eigenvalue weighted by Crippen LogP contribution is 2.47. The van der Waals surface area contributed by atoms with Crippen molar-refractivity contribution in [2.75, 3.05) is 5.32 Å². The molecule has 2 N–H and O–H groups in total. The molecule has 2 aliphatic heterocycles. The van der Waals surface area contributed by atoms with Gasteiger partial charge in [0.2, 0.25) is 11.8 Å². The molecule has 1 aliphatic carbocycles. The van der Waals surface area contributed by atoms with Crippen LogP contribution in [-0.4, -0.2) is 34.8 Å². The number of imide groups is 1. The first kappa shape index (κ1) is 22.1. The molecular weight excluding hydrogens is 441 g/mol. The van der Waals surface area contributed by atoms with Crippen LogP contribution in [-0.2, 0) is 32.9 Å². The molecule has 2 aromatic carbocycles. The highest BCUT2D eigenvalue weighted by molar-refractivity contribution is 6.05. The number of carbonyl (C=O) groups excluding carboxylic acids is 4. The summed E-state index contributed by atoms with van der Waals surface area (Å²) in [6.45, 7) is 1.93. The van der Waals surface area contributed by atoms with E-state index >= 15 is 0 Å². The summed E-state index contributed by atoms with van der Waals surface area (Å²) in [5.74, 6) is -2.04. The van der Waals surface area contributed by atoms with Crippen LogP contribution in [0.25, 0.3) is 0 Å². The van der Waals surface area contributed by atoms with E-state index in [0.717, 1.165) is 12.8 Å². The maximum Gasteiger partial charge on any atom is 0.411 e. The van der Waals surface area contributed by atoms with Gasteiger partial charge < -0.3 is 9.64 Å². The summed E-state index contributed by atoms with van der Waals surface area (Å²) in [4.78, 5) is 49.9. The molecule has 3 aliphatic rings. The number of nitrogens with zero attached hydrogens (tertiary/aromatic N) is 1. The zero-order valence-electron chi connectivity index (χ0n) is 18.7. The van der Waals surface area contributed by atoms with Crippen molar-refractivity contribution in [3.8, 4) is 0 Å². The van der Waals surface area contributed by atoms with Gasteiger partial charge in [0.25, 0.3) is 5.91 Å². The lowest BCUT2D eigenvalue weighted by atomic mass is 9.98. The molecule has 0 radical (unpaired) electrons. The van der Waals surface area contributed by atoms with Crippen molar-refractivity contribution in [1.29, 1.82) is 0 Å². The van der Waals surface area contributed by atoms with Crippen LogP contribution in [0.1, 0.15) is 59.7 Å². The molecule has 2 heterocycles. The number of anilines is 1. The Balaban J connectivity index is 1.22. The maximum atomic E-state index is 14.7. The summed E-state index contributed by atoms with van der Waals surface area (Å²) in [5.41, 5.74) is 2.70. The highest BCUT2D eigenvalue weighted by Gasteiger charge is 2.40. The molecule has 5 rings (SSSR count). The number of ether oxygens (including phenoxy) is 1. The second kappa shape index (κ2) is 8.23. The van der Waals surface area contributed by atoms with Crippen molar-refractivity contribution in [2.24, 2.45) is 0 Å². The maximum absolute atomic E-state index is 14.7. The van der Waals surface area contributed by atoms with Gasteiger partial charge in [0.15, 0.2) is 0 Å². The highest BCUT2D eigenvalue weighted by atomic mass is 19.1. The minimum Gasteiger partial charge on any atom is -0.444 e. The molecule has 176 valence electrons. The Hall–Kier alpha value is -3.75. The topological polar surface area (TPSA) is 105 Å². The predicted octanol–water partition coefficient (Wildman–Crippen LogP) is 3.39. The van der Waals surface area contributed by atoms with Gasteiger partial charge in [-0.3, -0.25) is 25.0 Å². The fourth-order valence-electron chi connectivity index (χ4n) is 4.49. The first-order valence-corrected chi connectivity index (χ1v) is 11.2.